The van der Waals surface area contributed by atoms with E-state index in [1.165, 1.54) is 0 Å². The molecule has 2 atom stereocenters. The molecule has 5 heteroatoms. The van der Waals surface area contributed by atoms with Crippen LogP contribution in [0.2, 0.25) is 0 Å². The van der Waals surface area contributed by atoms with Crippen LogP contribution in [0.1, 0.15) is 25.7 Å². The maximum Gasteiger partial charge on any atom is 0.233 e. The van der Waals surface area contributed by atoms with Crippen molar-refractivity contribution in [3.8, 4) is 0 Å². The average molecular weight is 199 g/mol. The van der Waals surface area contributed by atoms with E-state index in [1.54, 1.807) is 0 Å². The van der Waals surface area contributed by atoms with Gasteiger partial charge in [0.1, 0.15) is 0 Å². The summed E-state index contributed by atoms with van der Waals surface area (Å²) in [6, 6.07) is 0.0669. The fourth-order valence-electron chi connectivity index (χ4n) is 1.87. The zero-order valence-electron chi connectivity index (χ0n) is 8.16. The second-order valence-corrected chi connectivity index (χ2v) is 3.73. The summed E-state index contributed by atoms with van der Waals surface area (Å²) in [5.74, 6) is -0.524. The lowest BCUT2D eigenvalue weighted by Gasteiger charge is -2.27. The first-order valence-electron chi connectivity index (χ1n) is 4.92. The van der Waals surface area contributed by atoms with E-state index in [-0.39, 0.29) is 30.3 Å². The van der Waals surface area contributed by atoms with Gasteiger partial charge in [-0.2, -0.15) is 0 Å². The first-order valence-corrected chi connectivity index (χ1v) is 4.92. The second kappa shape index (κ2) is 4.95. The molecular formula is C9H17N3O2. The van der Waals surface area contributed by atoms with Crippen LogP contribution in [0.5, 0.6) is 0 Å². The van der Waals surface area contributed by atoms with Crippen LogP contribution in [0.25, 0.3) is 0 Å². The largest absolute Gasteiger partial charge is 0.369 e. The Labute approximate surface area is 83.2 Å². The SMILES string of the molecule is NCC(=O)NC1CCCC(C(N)=O)C1. The Morgan fingerprint density at radius 1 is 1.36 bits per heavy atom. The van der Waals surface area contributed by atoms with Crippen molar-refractivity contribution in [2.45, 2.75) is 31.7 Å². The molecule has 80 valence electrons. The number of carbonyl (C=O) groups is 2. The van der Waals surface area contributed by atoms with E-state index in [9.17, 15) is 9.59 Å². The van der Waals surface area contributed by atoms with E-state index >= 15 is 0 Å². The van der Waals surface area contributed by atoms with Crippen LogP contribution in [0.15, 0.2) is 0 Å². The molecule has 1 aliphatic carbocycles. The van der Waals surface area contributed by atoms with Gasteiger partial charge in [0, 0.05) is 12.0 Å². The Bertz CT molecular complexity index is 230. The lowest BCUT2D eigenvalue weighted by atomic mass is 9.85. The highest BCUT2D eigenvalue weighted by Gasteiger charge is 2.26. The molecule has 2 amide bonds. The molecule has 1 rings (SSSR count). The minimum Gasteiger partial charge on any atom is -0.369 e. The molecule has 0 aromatic carbocycles. The number of primary amides is 1. The lowest BCUT2D eigenvalue weighted by molar-refractivity contribution is -0.125. The molecule has 0 aromatic rings. The van der Waals surface area contributed by atoms with Gasteiger partial charge in [-0.05, 0) is 19.3 Å². The van der Waals surface area contributed by atoms with Gasteiger partial charge in [-0.1, -0.05) is 6.42 Å². The van der Waals surface area contributed by atoms with E-state index in [1.807, 2.05) is 0 Å². The molecule has 0 spiro atoms. The zero-order valence-corrected chi connectivity index (χ0v) is 8.16. The fraction of sp³-hybridized carbons (Fsp3) is 0.778. The van der Waals surface area contributed by atoms with Gasteiger partial charge < -0.3 is 16.8 Å². The smallest absolute Gasteiger partial charge is 0.233 e. The van der Waals surface area contributed by atoms with Gasteiger partial charge in [-0.25, -0.2) is 0 Å². The van der Waals surface area contributed by atoms with Crippen molar-refractivity contribution in [1.82, 2.24) is 5.32 Å². The lowest BCUT2D eigenvalue weighted by Crippen LogP contribution is -2.43. The minimum atomic E-state index is -0.267. The van der Waals surface area contributed by atoms with Crippen LogP contribution in [-0.2, 0) is 9.59 Å². The van der Waals surface area contributed by atoms with Crippen LogP contribution in [-0.4, -0.2) is 24.4 Å². The van der Waals surface area contributed by atoms with Crippen molar-refractivity contribution in [3.63, 3.8) is 0 Å². The number of carbonyl (C=O) groups excluding carboxylic acids is 2. The third kappa shape index (κ3) is 2.99. The highest BCUT2D eigenvalue weighted by atomic mass is 16.2. The van der Waals surface area contributed by atoms with Crippen LogP contribution in [0.4, 0.5) is 0 Å². The van der Waals surface area contributed by atoms with Crippen molar-refractivity contribution in [1.29, 1.82) is 0 Å². The van der Waals surface area contributed by atoms with Gasteiger partial charge in [-0.15, -0.1) is 0 Å². The van der Waals surface area contributed by atoms with Crippen molar-refractivity contribution in [3.05, 3.63) is 0 Å². The molecule has 1 aliphatic rings. The average Bonchev–Trinajstić information content (AvgIpc) is 2.18. The van der Waals surface area contributed by atoms with Crippen LogP contribution in [0, 0.1) is 5.92 Å². The molecule has 0 saturated heterocycles. The Kier molecular flexibility index (Phi) is 3.88. The van der Waals surface area contributed by atoms with Crippen molar-refractivity contribution in [2.75, 3.05) is 6.54 Å². The van der Waals surface area contributed by atoms with Crippen LogP contribution < -0.4 is 16.8 Å². The summed E-state index contributed by atoms with van der Waals surface area (Å²) < 4.78 is 0. The number of hydrogen-bond acceptors (Lipinski definition) is 3. The maximum absolute atomic E-state index is 11.0. The highest BCUT2D eigenvalue weighted by Crippen LogP contribution is 2.23. The number of rotatable bonds is 3. The second-order valence-electron chi connectivity index (χ2n) is 3.73. The molecule has 0 bridgehead atoms. The molecule has 0 aromatic heterocycles. The molecule has 0 aliphatic heterocycles. The Hall–Kier alpha value is -1.10. The van der Waals surface area contributed by atoms with Gasteiger partial charge in [0.15, 0.2) is 0 Å². The summed E-state index contributed by atoms with van der Waals surface area (Å²) in [6.07, 6.45) is 3.34. The molecule has 1 saturated carbocycles. The highest BCUT2D eigenvalue weighted by molar-refractivity contribution is 5.79. The van der Waals surface area contributed by atoms with Crippen molar-refractivity contribution < 1.29 is 9.59 Å². The Morgan fingerprint density at radius 2 is 2.07 bits per heavy atom. The molecule has 5 nitrogen and oxygen atoms in total. The zero-order chi connectivity index (χ0) is 10.6. The first kappa shape index (κ1) is 11.0. The fourth-order valence-corrected chi connectivity index (χ4v) is 1.87. The van der Waals surface area contributed by atoms with Crippen LogP contribution >= 0.6 is 0 Å². The predicted octanol–water partition coefficient (Wildman–Crippen LogP) is -0.895. The molecular weight excluding hydrogens is 182 g/mol. The summed E-state index contributed by atoms with van der Waals surface area (Å²) in [5.41, 5.74) is 10.4. The summed E-state index contributed by atoms with van der Waals surface area (Å²) >= 11 is 0. The van der Waals surface area contributed by atoms with Gasteiger partial charge in [0.05, 0.1) is 6.54 Å². The number of nitrogens with one attached hydrogen (secondary N) is 1. The molecule has 1 fully saturated rings. The van der Waals surface area contributed by atoms with E-state index < -0.39 is 0 Å². The van der Waals surface area contributed by atoms with E-state index in [0.717, 1.165) is 19.3 Å². The normalized spacial score (nSPS) is 26.9. The molecule has 0 radical (unpaired) electrons. The quantitative estimate of drug-likeness (QED) is 0.549. The molecule has 5 N–H and O–H groups in total. The number of amides is 2. The van der Waals surface area contributed by atoms with E-state index in [2.05, 4.69) is 5.32 Å². The Balaban J connectivity index is 2.40. The van der Waals surface area contributed by atoms with Gasteiger partial charge >= 0.3 is 0 Å². The van der Waals surface area contributed by atoms with Crippen LogP contribution in [0.3, 0.4) is 0 Å². The minimum absolute atomic E-state index is 0.00224. The monoisotopic (exact) mass is 199 g/mol. The van der Waals surface area contributed by atoms with Crippen molar-refractivity contribution >= 4 is 11.8 Å². The molecule has 0 heterocycles. The molecule has 14 heavy (non-hydrogen) atoms. The summed E-state index contributed by atoms with van der Waals surface area (Å²) in [7, 11) is 0. The van der Waals surface area contributed by atoms with Crippen molar-refractivity contribution in [2.24, 2.45) is 17.4 Å². The van der Waals surface area contributed by atoms with Gasteiger partial charge in [0.25, 0.3) is 0 Å². The molecule has 2 unspecified atom stereocenters. The first-order chi connectivity index (χ1) is 6.63. The van der Waals surface area contributed by atoms with E-state index in [4.69, 9.17) is 11.5 Å². The predicted molar refractivity (Wildman–Crippen MR) is 52.1 cm³/mol. The van der Waals surface area contributed by atoms with Gasteiger partial charge in [0.2, 0.25) is 11.8 Å². The number of hydrogen-bond donors (Lipinski definition) is 3. The number of nitrogens with two attached hydrogens (primary N) is 2. The van der Waals surface area contributed by atoms with E-state index in [0.29, 0.717) is 6.42 Å². The topological polar surface area (TPSA) is 98.2 Å². The maximum atomic E-state index is 11.0. The Morgan fingerprint density at radius 3 is 2.64 bits per heavy atom. The summed E-state index contributed by atoms with van der Waals surface area (Å²) in [6.45, 7) is -0.00224. The summed E-state index contributed by atoms with van der Waals surface area (Å²) in [5, 5.41) is 2.78. The third-order valence-electron chi connectivity index (χ3n) is 2.63. The van der Waals surface area contributed by atoms with Gasteiger partial charge in [-0.3, -0.25) is 9.59 Å². The summed E-state index contributed by atoms with van der Waals surface area (Å²) in [4.78, 5) is 21.9. The third-order valence-corrected chi connectivity index (χ3v) is 2.63. The standard InChI is InChI=1S/C9H17N3O2/c10-5-8(13)12-7-3-1-2-6(4-7)9(11)14/h6-7H,1-5,10H2,(H2,11,14)(H,12,13).